The van der Waals surface area contributed by atoms with Crippen molar-refractivity contribution in [2.45, 2.75) is 11.8 Å². The summed E-state index contributed by atoms with van der Waals surface area (Å²) >= 11 is 0. The van der Waals surface area contributed by atoms with Crippen LogP contribution in [0.4, 0.5) is 3.89 Å². The van der Waals surface area contributed by atoms with Gasteiger partial charge in [-0.25, -0.2) is 0 Å². The Morgan fingerprint density at radius 1 is 1.18 bits per heavy atom. The minimum atomic E-state index is -4.52. The van der Waals surface area contributed by atoms with Crippen LogP contribution in [0.5, 0.6) is 0 Å². The highest BCUT2D eigenvalue weighted by atomic mass is 32.3. The first-order valence-electron chi connectivity index (χ1n) is 3.01. The SMILES string of the molecule is Cc1ccc(S(=O)(=O)F)cc1. The molecule has 4 heteroatoms. The minimum Gasteiger partial charge on any atom is -0.189 e. The third-order valence-corrected chi connectivity index (χ3v) is 2.14. The van der Waals surface area contributed by atoms with Gasteiger partial charge in [-0.3, -0.25) is 0 Å². The molecule has 0 aliphatic heterocycles. The Kier molecular flexibility index (Phi) is 1.95. The van der Waals surface area contributed by atoms with Gasteiger partial charge in [0, 0.05) is 0 Å². The molecule has 0 fully saturated rings. The smallest absolute Gasteiger partial charge is 0.189 e. The average Bonchev–Trinajstić information content (AvgIpc) is 1.86. The molecule has 0 spiro atoms. The predicted octanol–water partition coefficient (Wildman–Crippen LogP) is 1.65. The summed E-state index contributed by atoms with van der Waals surface area (Å²) < 4.78 is 32.8. The van der Waals surface area contributed by atoms with Gasteiger partial charge in [0.05, 0.1) is 4.90 Å². The van der Waals surface area contributed by atoms with E-state index in [1.807, 2.05) is 0 Å². The average molecular weight is 174 g/mol. The summed E-state index contributed by atoms with van der Waals surface area (Å²) in [6, 6.07) is 5.58. The zero-order valence-electron chi connectivity index (χ0n) is 5.91. The quantitative estimate of drug-likeness (QED) is 0.607. The number of aryl methyl sites for hydroxylation is 1. The van der Waals surface area contributed by atoms with Crippen LogP contribution in [0.15, 0.2) is 29.2 Å². The van der Waals surface area contributed by atoms with Gasteiger partial charge in [-0.05, 0) is 19.1 Å². The highest BCUT2D eigenvalue weighted by Gasteiger charge is 2.09. The predicted molar refractivity (Wildman–Crippen MR) is 39.5 cm³/mol. The zero-order chi connectivity index (χ0) is 8.48. The van der Waals surface area contributed by atoms with Crippen LogP contribution in [0.3, 0.4) is 0 Å². The van der Waals surface area contributed by atoms with E-state index in [1.165, 1.54) is 12.1 Å². The molecule has 0 heterocycles. The number of halogens is 1. The van der Waals surface area contributed by atoms with Crippen molar-refractivity contribution in [3.05, 3.63) is 29.8 Å². The summed E-state index contributed by atoms with van der Waals surface area (Å²) in [6.45, 7) is 1.80. The Labute approximate surface area is 64.9 Å². The Morgan fingerprint density at radius 2 is 1.64 bits per heavy atom. The molecule has 0 bridgehead atoms. The lowest BCUT2D eigenvalue weighted by Crippen LogP contribution is -1.90. The Morgan fingerprint density at radius 3 is 2.00 bits per heavy atom. The van der Waals surface area contributed by atoms with Gasteiger partial charge in [0.25, 0.3) is 0 Å². The maximum atomic E-state index is 12.2. The molecule has 0 aliphatic rings. The lowest BCUT2D eigenvalue weighted by molar-refractivity contribution is 0.552. The normalized spacial score (nSPS) is 11.5. The van der Waals surface area contributed by atoms with E-state index in [0.29, 0.717) is 0 Å². The summed E-state index contributed by atoms with van der Waals surface area (Å²) in [6.07, 6.45) is 0. The van der Waals surface area contributed by atoms with Crippen molar-refractivity contribution in [2.24, 2.45) is 0 Å². The van der Waals surface area contributed by atoms with Crippen molar-refractivity contribution in [2.75, 3.05) is 0 Å². The second-order valence-corrected chi connectivity index (χ2v) is 3.60. The molecular formula is C7H7FO2S. The number of benzene rings is 1. The minimum absolute atomic E-state index is 0.289. The second kappa shape index (κ2) is 2.62. The molecule has 0 amide bonds. The first-order chi connectivity index (χ1) is 5.00. The van der Waals surface area contributed by atoms with E-state index in [9.17, 15) is 12.3 Å². The highest BCUT2D eigenvalue weighted by Crippen LogP contribution is 2.11. The maximum absolute atomic E-state index is 12.2. The van der Waals surface area contributed by atoms with Gasteiger partial charge < -0.3 is 0 Å². The Balaban J connectivity index is 3.20. The van der Waals surface area contributed by atoms with Crippen LogP contribution in [0.1, 0.15) is 5.56 Å². The molecular weight excluding hydrogens is 167 g/mol. The van der Waals surface area contributed by atoms with E-state index < -0.39 is 10.2 Å². The van der Waals surface area contributed by atoms with Crippen molar-refractivity contribution < 1.29 is 12.3 Å². The van der Waals surface area contributed by atoms with Gasteiger partial charge in [0.1, 0.15) is 0 Å². The largest absolute Gasteiger partial charge is 0.332 e. The molecule has 1 aromatic carbocycles. The van der Waals surface area contributed by atoms with E-state index >= 15 is 0 Å². The van der Waals surface area contributed by atoms with Gasteiger partial charge in [0.2, 0.25) is 0 Å². The molecule has 0 saturated carbocycles. The van der Waals surface area contributed by atoms with Crippen LogP contribution in [0, 0.1) is 6.92 Å². The summed E-state index contributed by atoms with van der Waals surface area (Å²) in [5, 5.41) is 0. The van der Waals surface area contributed by atoms with Crippen LogP contribution in [0.25, 0.3) is 0 Å². The van der Waals surface area contributed by atoms with Crippen LogP contribution < -0.4 is 0 Å². The lowest BCUT2D eigenvalue weighted by atomic mass is 10.2. The standard InChI is InChI=1S/C7H7FO2S/c1-6-2-4-7(5-3-6)11(8,9)10/h2-5H,1H3. The highest BCUT2D eigenvalue weighted by molar-refractivity contribution is 7.86. The number of hydrogen-bond donors (Lipinski definition) is 0. The van der Waals surface area contributed by atoms with E-state index in [-0.39, 0.29) is 4.90 Å². The van der Waals surface area contributed by atoms with Crippen molar-refractivity contribution in [3.8, 4) is 0 Å². The molecule has 0 unspecified atom stereocenters. The van der Waals surface area contributed by atoms with Gasteiger partial charge in [0.15, 0.2) is 0 Å². The molecule has 2 nitrogen and oxygen atoms in total. The van der Waals surface area contributed by atoms with E-state index in [1.54, 1.807) is 19.1 Å². The van der Waals surface area contributed by atoms with E-state index in [2.05, 4.69) is 0 Å². The van der Waals surface area contributed by atoms with Crippen LogP contribution in [-0.2, 0) is 10.2 Å². The van der Waals surface area contributed by atoms with Crippen molar-refractivity contribution in [1.82, 2.24) is 0 Å². The third-order valence-electron chi connectivity index (χ3n) is 1.30. The van der Waals surface area contributed by atoms with Gasteiger partial charge in [-0.1, -0.05) is 17.7 Å². The summed E-state index contributed by atoms with van der Waals surface area (Å²) in [7, 11) is -4.52. The summed E-state index contributed by atoms with van der Waals surface area (Å²) in [5.74, 6) is 0. The molecule has 0 aromatic heterocycles. The fourth-order valence-corrected chi connectivity index (χ4v) is 1.16. The Bertz CT molecular complexity index is 339. The maximum Gasteiger partial charge on any atom is 0.332 e. The van der Waals surface area contributed by atoms with Gasteiger partial charge >= 0.3 is 10.2 Å². The lowest BCUT2D eigenvalue weighted by Gasteiger charge is -1.93. The first-order valence-corrected chi connectivity index (χ1v) is 4.40. The Hall–Kier alpha value is -0.900. The molecule has 0 atom stereocenters. The molecule has 0 saturated heterocycles. The van der Waals surface area contributed by atoms with Crippen LogP contribution in [-0.4, -0.2) is 8.42 Å². The topological polar surface area (TPSA) is 34.1 Å². The second-order valence-electron chi connectivity index (χ2n) is 2.25. The van der Waals surface area contributed by atoms with Gasteiger partial charge in [-0.15, -0.1) is 3.89 Å². The summed E-state index contributed by atoms with van der Waals surface area (Å²) in [4.78, 5) is -0.289. The molecule has 1 rings (SSSR count). The molecule has 1 aromatic rings. The molecule has 0 N–H and O–H groups in total. The monoisotopic (exact) mass is 174 g/mol. The van der Waals surface area contributed by atoms with Crippen LogP contribution in [0.2, 0.25) is 0 Å². The third kappa shape index (κ3) is 2.01. The fourth-order valence-electron chi connectivity index (χ4n) is 0.701. The number of hydrogen-bond acceptors (Lipinski definition) is 2. The molecule has 60 valence electrons. The first kappa shape index (κ1) is 8.20. The van der Waals surface area contributed by atoms with Crippen LogP contribution >= 0.6 is 0 Å². The molecule has 0 aliphatic carbocycles. The van der Waals surface area contributed by atoms with E-state index in [4.69, 9.17) is 0 Å². The van der Waals surface area contributed by atoms with Gasteiger partial charge in [-0.2, -0.15) is 8.42 Å². The van der Waals surface area contributed by atoms with E-state index in [0.717, 1.165) is 5.56 Å². The number of rotatable bonds is 1. The van der Waals surface area contributed by atoms with Crippen molar-refractivity contribution in [1.29, 1.82) is 0 Å². The molecule has 0 radical (unpaired) electrons. The fraction of sp³-hybridized carbons (Fsp3) is 0.143. The summed E-state index contributed by atoms with van der Waals surface area (Å²) in [5.41, 5.74) is 0.900. The van der Waals surface area contributed by atoms with Crippen molar-refractivity contribution >= 4 is 10.2 Å². The molecule has 11 heavy (non-hydrogen) atoms. The zero-order valence-corrected chi connectivity index (χ0v) is 6.73. The van der Waals surface area contributed by atoms with Crippen molar-refractivity contribution in [3.63, 3.8) is 0 Å².